The van der Waals surface area contributed by atoms with Gasteiger partial charge in [-0.3, -0.25) is 0 Å². The van der Waals surface area contributed by atoms with Gasteiger partial charge in [0.05, 0.1) is 12.2 Å². The van der Waals surface area contributed by atoms with E-state index in [0.29, 0.717) is 12.2 Å². The molecule has 2 heteroatoms. The topological polar surface area (TPSA) is 21.3 Å². The van der Waals surface area contributed by atoms with Crippen LogP contribution in [0.3, 0.4) is 0 Å². The van der Waals surface area contributed by atoms with Crippen molar-refractivity contribution >= 4 is 0 Å². The van der Waals surface area contributed by atoms with E-state index in [9.17, 15) is 0 Å². The molecule has 0 heterocycles. The molecule has 0 amide bonds. The SMILES string of the molecule is CCNC1CC(OC2CCC2)C1. The zero-order valence-corrected chi connectivity index (χ0v) is 7.88. The minimum Gasteiger partial charge on any atom is -0.375 e. The highest BCUT2D eigenvalue weighted by Crippen LogP contribution is 2.30. The molecule has 0 aromatic carbocycles. The van der Waals surface area contributed by atoms with E-state index in [1.807, 2.05) is 0 Å². The second-order valence-electron chi connectivity index (χ2n) is 4.04. The second-order valence-corrected chi connectivity index (χ2v) is 4.04. The molecule has 0 atom stereocenters. The van der Waals surface area contributed by atoms with Crippen molar-refractivity contribution in [1.29, 1.82) is 0 Å². The predicted octanol–water partition coefficient (Wildman–Crippen LogP) is 1.70. The van der Waals surface area contributed by atoms with Gasteiger partial charge in [0.1, 0.15) is 0 Å². The van der Waals surface area contributed by atoms with Crippen molar-refractivity contribution in [3.63, 3.8) is 0 Å². The second kappa shape index (κ2) is 3.75. The Morgan fingerprint density at radius 2 is 2.00 bits per heavy atom. The molecule has 2 saturated carbocycles. The largest absolute Gasteiger partial charge is 0.375 e. The summed E-state index contributed by atoms with van der Waals surface area (Å²) >= 11 is 0. The molecule has 0 aliphatic heterocycles. The van der Waals surface area contributed by atoms with Crippen molar-refractivity contribution in [3.8, 4) is 0 Å². The average molecular weight is 169 g/mol. The van der Waals surface area contributed by atoms with Crippen molar-refractivity contribution in [2.45, 2.75) is 57.3 Å². The maximum absolute atomic E-state index is 5.86. The predicted molar refractivity (Wildman–Crippen MR) is 49.2 cm³/mol. The maximum atomic E-state index is 5.86. The molecule has 2 aliphatic carbocycles. The number of ether oxygens (including phenoxy) is 1. The van der Waals surface area contributed by atoms with Gasteiger partial charge in [0, 0.05) is 6.04 Å². The van der Waals surface area contributed by atoms with Crippen LogP contribution in [0.15, 0.2) is 0 Å². The van der Waals surface area contributed by atoms with Gasteiger partial charge in [0.15, 0.2) is 0 Å². The van der Waals surface area contributed by atoms with E-state index in [1.54, 1.807) is 0 Å². The van der Waals surface area contributed by atoms with Crippen molar-refractivity contribution < 1.29 is 4.74 Å². The third-order valence-electron chi connectivity index (χ3n) is 3.02. The highest BCUT2D eigenvalue weighted by Gasteiger charge is 2.32. The van der Waals surface area contributed by atoms with E-state index in [1.165, 1.54) is 32.1 Å². The Morgan fingerprint density at radius 3 is 2.50 bits per heavy atom. The van der Waals surface area contributed by atoms with Gasteiger partial charge in [-0.15, -0.1) is 0 Å². The summed E-state index contributed by atoms with van der Waals surface area (Å²) in [6.45, 7) is 3.26. The van der Waals surface area contributed by atoms with Crippen molar-refractivity contribution in [3.05, 3.63) is 0 Å². The molecule has 0 spiro atoms. The van der Waals surface area contributed by atoms with Crippen LogP contribution in [-0.2, 0) is 4.74 Å². The summed E-state index contributed by atoms with van der Waals surface area (Å²) in [4.78, 5) is 0. The number of hydrogen-bond acceptors (Lipinski definition) is 2. The number of hydrogen-bond donors (Lipinski definition) is 1. The summed E-state index contributed by atoms with van der Waals surface area (Å²) in [5, 5.41) is 3.44. The maximum Gasteiger partial charge on any atom is 0.0608 e. The van der Waals surface area contributed by atoms with E-state index >= 15 is 0 Å². The minimum absolute atomic E-state index is 0.583. The number of nitrogens with one attached hydrogen (secondary N) is 1. The first-order valence-corrected chi connectivity index (χ1v) is 5.27. The monoisotopic (exact) mass is 169 g/mol. The van der Waals surface area contributed by atoms with Crippen LogP contribution in [0.5, 0.6) is 0 Å². The minimum atomic E-state index is 0.583. The summed E-state index contributed by atoms with van der Waals surface area (Å²) in [5.74, 6) is 0. The molecule has 1 N–H and O–H groups in total. The lowest BCUT2D eigenvalue weighted by Crippen LogP contribution is -2.47. The molecule has 0 saturated heterocycles. The normalized spacial score (nSPS) is 35.8. The molecule has 2 fully saturated rings. The Morgan fingerprint density at radius 1 is 1.25 bits per heavy atom. The lowest BCUT2D eigenvalue weighted by atomic mass is 9.87. The fraction of sp³-hybridized carbons (Fsp3) is 1.00. The van der Waals surface area contributed by atoms with Gasteiger partial charge in [0.25, 0.3) is 0 Å². The zero-order chi connectivity index (χ0) is 8.39. The van der Waals surface area contributed by atoms with Gasteiger partial charge in [-0.2, -0.15) is 0 Å². The summed E-state index contributed by atoms with van der Waals surface area (Å²) in [7, 11) is 0. The van der Waals surface area contributed by atoms with Crippen molar-refractivity contribution in [2.24, 2.45) is 0 Å². The van der Waals surface area contributed by atoms with E-state index < -0.39 is 0 Å². The molecule has 0 radical (unpaired) electrons. The Bertz CT molecular complexity index is 139. The molecule has 2 rings (SSSR count). The van der Waals surface area contributed by atoms with E-state index in [2.05, 4.69) is 12.2 Å². The van der Waals surface area contributed by atoms with Gasteiger partial charge in [-0.25, -0.2) is 0 Å². The van der Waals surface area contributed by atoms with Crippen LogP contribution in [0.25, 0.3) is 0 Å². The molecule has 12 heavy (non-hydrogen) atoms. The third-order valence-corrected chi connectivity index (χ3v) is 3.02. The Balaban J connectivity index is 1.55. The van der Waals surface area contributed by atoms with Crippen LogP contribution in [0.1, 0.15) is 39.0 Å². The quantitative estimate of drug-likeness (QED) is 0.691. The van der Waals surface area contributed by atoms with E-state index in [4.69, 9.17) is 4.74 Å². The highest BCUT2D eigenvalue weighted by molar-refractivity contribution is 4.87. The van der Waals surface area contributed by atoms with Crippen LogP contribution in [0.2, 0.25) is 0 Å². The van der Waals surface area contributed by atoms with Crippen LogP contribution >= 0.6 is 0 Å². The Hall–Kier alpha value is -0.0800. The molecule has 0 aromatic heterocycles. The summed E-state index contributed by atoms with van der Waals surface area (Å²) in [6.07, 6.45) is 7.69. The molecule has 2 nitrogen and oxygen atoms in total. The first-order chi connectivity index (χ1) is 5.88. The zero-order valence-electron chi connectivity index (χ0n) is 7.88. The Kier molecular flexibility index (Phi) is 2.66. The van der Waals surface area contributed by atoms with Crippen LogP contribution in [0.4, 0.5) is 0 Å². The first-order valence-electron chi connectivity index (χ1n) is 5.27. The first kappa shape index (κ1) is 8.52. The van der Waals surface area contributed by atoms with Gasteiger partial charge < -0.3 is 10.1 Å². The molecular weight excluding hydrogens is 150 g/mol. The summed E-state index contributed by atoms with van der Waals surface area (Å²) in [5.41, 5.74) is 0. The smallest absolute Gasteiger partial charge is 0.0608 e. The molecule has 0 unspecified atom stereocenters. The molecule has 2 aliphatic rings. The van der Waals surface area contributed by atoms with Crippen LogP contribution < -0.4 is 5.32 Å². The van der Waals surface area contributed by atoms with Gasteiger partial charge in [0.2, 0.25) is 0 Å². The fourth-order valence-corrected chi connectivity index (χ4v) is 1.91. The molecule has 0 aromatic rings. The lowest BCUT2D eigenvalue weighted by molar-refractivity contribution is -0.0927. The van der Waals surface area contributed by atoms with Gasteiger partial charge in [-0.05, 0) is 38.6 Å². The van der Waals surface area contributed by atoms with E-state index in [-0.39, 0.29) is 0 Å². The average Bonchev–Trinajstić information content (AvgIpc) is 1.89. The van der Waals surface area contributed by atoms with Gasteiger partial charge in [-0.1, -0.05) is 6.92 Å². The van der Waals surface area contributed by atoms with Crippen LogP contribution in [0, 0.1) is 0 Å². The third kappa shape index (κ3) is 1.80. The summed E-state index contributed by atoms with van der Waals surface area (Å²) < 4.78 is 5.86. The fourth-order valence-electron chi connectivity index (χ4n) is 1.91. The lowest BCUT2D eigenvalue weighted by Gasteiger charge is -2.40. The van der Waals surface area contributed by atoms with Gasteiger partial charge >= 0.3 is 0 Å². The highest BCUT2D eigenvalue weighted by atomic mass is 16.5. The summed E-state index contributed by atoms with van der Waals surface area (Å²) in [6, 6.07) is 0.750. The standard InChI is InChI=1S/C10H19NO/c1-2-11-8-6-10(7-8)12-9-4-3-5-9/h8-11H,2-7H2,1H3. The number of rotatable bonds is 4. The van der Waals surface area contributed by atoms with E-state index in [0.717, 1.165) is 12.6 Å². The molecule has 0 bridgehead atoms. The molecular formula is C10H19NO. The van der Waals surface area contributed by atoms with Crippen LogP contribution in [-0.4, -0.2) is 24.8 Å². The Labute approximate surface area is 74.7 Å². The molecule has 70 valence electrons. The van der Waals surface area contributed by atoms with Crippen molar-refractivity contribution in [2.75, 3.05) is 6.54 Å². The van der Waals surface area contributed by atoms with Crippen molar-refractivity contribution in [1.82, 2.24) is 5.32 Å².